The van der Waals surface area contributed by atoms with E-state index in [-0.39, 0.29) is 13.0 Å². The fraction of sp³-hybridized carbons (Fsp3) is 0.312. The molecule has 1 aromatic carbocycles. The Morgan fingerprint density at radius 2 is 1.93 bits per heavy atom. The van der Waals surface area contributed by atoms with E-state index in [4.69, 9.17) is 0 Å². The minimum absolute atomic E-state index is 0.132. The van der Waals surface area contributed by atoms with Crippen molar-refractivity contribution in [3.63, 3.8) is 0 Å². The number of carbonyl (C=O) groups excluding carboxylic acids is 2. The summed E-state index contributed by atoms with van der Waals surface area (Å²) in [7, 11) is 0. The third kappa shape index (κ3) is 7.18. The van der Waals surface area contributed by atoms with E-state index in [9.17, 15) is 22.8 Å². The minimum atomic E-state index is -4.59. The highest BCUT2D eigenvalue weighted by Gasteiger charge is 2.29. The van der Waals surface area contributed by atoms with Crippen molar-refractivity contribution in [2.45, 2.75) is 19.5 Å². The number of aryl methyl sites for hydroxylation is 1. The average molecular weight is 466 g/mol. The molecule has 0 aliphatic carbocycles. The highest BCUT2D eigenvalue weighted by molar-refractivity contribution is 9.10. The van der Waals surface area contributed by atoms with Gasteiger partial charge in [0.2, 0.25) is 5.91 Å². The molecule has 2 amide bonds. The van der Waals surface area contributed by atoms with Crippen LogP contribution in [-0.2, 0) is 9.53 Å². The molecular formula is C16H15BrF3N3O3S. The molecule has 146 valence electrons. The fourth-order valence-corrected chi connectivity index (χ4v) is 3.10. The van der Waals surface area contributed by atoms with Crippen LogP contribution in [-0.4, -0.2) is 36.3 Å². The van der Waals surface area contributed by atoms with Gasteiger partial charge in [-0.25, -0.2) is 9.78 Å². The van der Waals surface area contributed by atoms with Gasteiger partial charge < -0.3 is 15.4 Å². The number of thiazole rings is 1. The highest BCUT2D eigenvalue weighted by Crippen LogP contribution is 2.31. The lowest BCUT2D eigenvalue weighted by Crippen LogP contribution is -2.31. The van der Waals surface area contributed by atoms with Crippen LogP contribution in [0.4, 0.5) is 23.1 Å². The molecule has 27 heavy (non-hydrogen) atoms. The molecule has 1 heterocycles. The Kier molecular flexibility index (Phi) is 7.19. The molecule has 0 atom stereocenters. The van der Waals surface area contributed by atoms with Gasteiger partial charge in [-0.3, -0.25) is 4.79 Å². The topological polar surface area (TPSA) is 80.3 Å². The maximum absolute atomic E-state index is 11.9. The Labute approximate surface area is 165 Å². The maximum Gasteiger partial charge on any atom is 0.422 e. The second-order valence-electron chi connectivity index (χ2n) is 5.35. The second-order valence-corrected chi connectivity index (χ2v) is 7.47. The number of anilines is 1. The number of amides is 2. The normalized spacial score (nSPS) is 11.1. The summed E-state index contributed by atoms with van der Waals surface area (Å²) in [6.07, 6.45) is -5.96. The van der Waals surface area contributed by atoms with Gasteiger partial charge in [0.25, 0.3) is 0 Å². The first-order valence-corrected chi connectivity index (χ1v) is 9.25. The van der Waals surface area contributed by atoms with Crippen LogP contribution < -0.4 is 10.6 Å². The van der Waals surface area contributed by atoms with E-state index in [1.807, 2.05) is 31.2 Å². The van der Waals surface area contributed by atoms with Crippen LogP contribution in [0.2, 0.25) is 0 Å². The SMILES string of the molecule is Cc1sc(NC(=O)CCNC(=O)OCC(F)(F)F)nc1-c1ccc(Br)cc1. The van der Waals surface area contributed by atoms with Gasteiger partial charge in [-0.2, -0.15) is 13.2 Å². The summed E-state index contributed by atoms with van der Waals surface area (Å²) in [5.74, 6) is -0.428. The summed E-state index contributed by atoms with van der Waals surface area (Å²) in [6, 6.07) is 7.56. The number of benzene rings is 1. The van der Waals surface area contributed by atoms with E-state index >= 15 is 0 Å². The quantitative estimate of drug-likeness (QED) is 0.657. The molecule has 0 fully saturated rings. The number of halogens is 4. The van der Waals surface area contributed by atoms with Crippen LogP contribution in [0.15, 0.2) is 28.7 Å². The molecule has 0 saturated heterocycles. The lowest BCUT2D eigenvalue weighted by atomic mass is 10.1. The van der Waals surface area contributed by atoms with Crippen molar-refractivity contribution in [3.8, 4) is 11.3 Å². The van der Waals surface area contributed by atoms with Crippen molar-refractivity contribution in [2.24, 2.45) is 0 Å². The molecule has 2 aromatic rings. The van der Waals surface area contributed by atoms with Gasteiger partial charge in [0.1, 0.15) is 0 Å². The molecule has 2 N–H and O–H groups in total. The molecule has 0 spiro atoms. The molecule has 6 nitrogen and oxygen atoms in total. The number of ether oxygens (including phenoxy) is 1. The molecular weight excluding hydrogens is 451 g/mol. The zero-order valence-electron chi connectivity index (χ0n) is 14.0. The number of hydrogen-bond acceptors (Lipinski definition) is 5. The summed E-state index contributed by atoms with van der Waals surface area (Å²) in [4.78, 5) is 28.3. The average Bonchev–Trinajstić information content (AvgIpc) is 2.93. The Hall–Kier alpha value is -2.14. The number of carbonyl (C=O) groups is 2. The second kappa shape index (κ2) is 9.18. The molecule has 0 unspecified atom stereocenters. The molecule has 2 rings (SSSR count). The first-order chi connectivity index (χ1) is 12.6. The van der Waals surface area contributed by atoms with E-state index in [2.05, 4.69) is 36.3 Å². The standard InChI is InChI=1S/C16H15BrF3N3O3S/c1-9-13(10-2-4-11(17)5-3-10)23-14(27-9)22-12(24)6-7-21-15(25)26-8-16(18,19)20/h2-5H,6-8H2,1H3,(H,21,25)(H,22,23,24). The largest absolute Gasteiger partial charge is 0.440 e. The third-order valence-corrected chi connectivity index (χ3v) is 4.56. The molecule has 1 aromatic heterocycles. The van der Waals surface area contributed by atoms with Crippen molar-refractivity contribution in [2.75, 3.05) is 18.5 Å². The summed E-state index contributed by atoms with van der Waals surface area (Å²) in [6.45, 7) is 0.0393. The van der Waals surface area contributed by atoms with E-state index in [1.165, 1.54) is 11.3 Å². The van der Waals surface area contributed by atoms with Gasteiger partial charge in [0.05, 0.1) is 5.69 Å². The number of alkyl carbamates (subject to hydrolysis) is 1. The minimum Gasteiger partial charge on any atom is -0.440 e. The van der Waals surface area contributed by atoms with Gasteiger partial charge in [0, 0.05) is 27.9 Å². The van der Waals surface area contributed by atoms with Crippen LogP contribution in [0, 0.1) is 6.92 Å². The number of nitrogens with one attached hydrogen (secondary N) is 2. The van der Waals surface area contributed by atoms with Gasteiger partial charge in [-0.05, 0) is 19.1 Å². The molecule has 11 heteroatoms. The van der Waals surface area contributed by atoms with E-state index in [1.54, 1.807) is 0 Å². The monoisotopic (exact) mass is 465 g/mol. The Morgan fingerprint density at radius 3 is 2.56 bits per heavy atom. The van der Waals surface area contributed by atoms with Crippen molar-refractivity contribution >= 4 is 44.4 Å². The lowest BCUT2D eigenvalue weighted by Gasteiger charge is -2.08. The van der Waals surface area contributed by atoms with Gasteiger partial charge >= 0.3 is 12.3 Å². The summed E-state index contributed by atoms with van der Waals surface area (Å²) >= 11 is 4.66. The van der Waals surface area contributed by atoms with Gasteiger partial charge in [-0.1, -0.05) is 28.1 Å². The fourth-order valence-electron chi connectivity index (χ4n) is 1.98. The van der Waals surface area contributed by atoms with Crippen molar-refractivity contribution in [3.05, 3.63) is 33.6 Å². The predicted octanol–water partition coefficient (Wildman–Crippen LogP) is 4.50. The number of nitrogens with zero attached hydrogens (tertiary/aromatic N) is 1. The number of rotatable bonds is 6. The van der Waals surface area contributed by atoms with Gasteiger partial charge in [-0.15, -0.1) is 11.3 Å². The Balaban J connectivity index is 1.82. The first-order valence-electron chi connectivity index (χ1n) is 7.64. The lowest BCUT2D eigenvalue weighted by molar-refractivity contribution is -0.160. The maximum atomic E-state index is 11.9. The summed E-state index contributed by atoms with van der Waals surface area (Å²) in [5, 5.41) is 5.08. The molecule has 0 aliphatic rings. The van der Waals surface area contributed by atoms with E-state index in [0.717, 1.165) is 20.6 Å². The predicted molar refractivity (Wildman–Crippen MR) is 98.6 cm³/mol. The van der Waals surface area contributed by atoms with Crippen LogP contribution >= 0.6 is 27.3 Å². The van der Waals surface area contributed by atoms with Crippen molar-refractivity contribution in [1.82, 2.24) is 10.3 Å². The molecule has 0 saturated carbocycles. The Morgan fingerprint density at radius 1 is 1.26 bits per heavy atom. The zero-order valence-corrected chi connectivity index (χ0v) is 16.4. The third-order valence-electron chi connectivity index (χ3n) is 3.15. The number of aromatic nitrogens is 1. The van der Waals surface area contributed by atoms with Crippen LogP contribution in [0.3, 0.4) is 0 Å². The number of hydrogen-bond donors (Lipinski definition) is 2. The summed E-state index contributed by atoms with van der Waals surface area (Å²) < 4.78 is 40.6. The molecule has 0 bridgehead atoms. The van der Waals surface area contributed by atoms with Crippen molar-refractivity contribution < 1.29 is 27.5 Å². The van der Waals surface area contributed by atoms with Crippen molar-refractivity contribution in [1.29, 1.82) is 0 Å². The number of alkyl halides is 3. The molecule has 0 radical (unpaired) electrons. The van der Waals surface area contributed by atoms with Crippen LogP contribution in [0.1, 0.15) is 11.3 Å². The summed E-state index contributed by atoms with van der Waals surface area (Å²) in [5.41, 5.74) is 1.65. The van der Waals surface area contributed by atoms with Crippen LogP contribution in [0.5, 0.6) is 0 Å². The first kappa shape index (κ1) is 21.2. The highest BCUT2D eigenvalue weighted by atomic mass is 79.9. The van der Waals surface area contributed by atoms with E-state index < -0.39 is 24.8 Å². The van der Waals surface area contributed by atoms with Crippen LogP contribution in [0.25, 0.3) is 11.3 Å². The zero-order chi connectivity index (χ0) is 20.0. The Bertz CT molecular complexity index is 809. The smallest absolute Gasteiger partial charge is 0.422 e. The van der Waals surface area contributed by atoms with Gasteiger partial charge in [0.15, 0.2) is 11.7 Å². The molecule has 0 aliphatic heterocycles. The van der Waals surface area contributed by atoms with E-state index in [0.29, 0.717) is 5.13 Å².